The Kier molecular flexibility index (Phi) is 6.78. The number of ketones is 1. The number of anilines is 1. The molecule has 0 bridgehead atoms. The largest absolute Gasteiger partial charge is 0.393 e. The predicted molar refractivity (Wildman–Crippen MR) is 111 cm³/mol. The summed E-state index contributed by atoms with van der Waals surface area (Å²) in [4.78, 5) is 37.8. The molecule has 2 rings (SSSR count). The maximum absolute atomic E-state index is 12.9. The number of terminal acetylenes is 1. The van der Waals surface area contributed by atoms with Crippen molar-refractivity contribution in [1.29, 1.82) is 5.26 Å². The number of Topliss-reactive ketones (excluding diaryl/α,β-unsaturated/α-hetero) is 1. The number of aromatic nitrogens is 1. The van der Waals surface area contributed by atoms with Gasteiger partial charge in [-0.05, 0) is 44.0 Å². The number of nitrogens with one attached hydrogen (secondary N) is 2. The summed E-state index contributed by atoms with van der Waals surface area (Å²) in [6, 6.07) is 6.04. The van der Waals surface area contributed by atoms with Crippen LogP contribution in [-0.2, 0) is 11.8 Å². The first kappa shape index (κ1) is 22.4. The minimum Gasteiger partial charge on any atom is -0.393 e. The highest BCUT2D eigenvalue weighted by atomic mass is 16.3. The van der Waals surface area contributed by atoms with Gasteiger partial charge in [-0.25, -0.2) is 0 Å². The van der Waals surface area contributed by atoms with E-state index in [1.54, 1.807) is 46.0 Å². The molecule has 2 aromatic rings. The summed E-state index contributed by atoms with van der Waals surface area (Å²) in [5, 5.41) is 23.3. The van der Waals surface area contributed by atoms with E-state index >= 15 is 0 Å². The van der Waals surface area contributed by atoms with Crippen molar-refractivity contribution in [1.82, 2.24) is 9.88 Å². The number of carbonyl (C=O) groups is 3. The number of nitriles is 1. The molecule has 3 N–H and O–H groups in total. The maximum Gasteiger partial charge on any atom is 0.293 e. The van der Waals surface area contributed by atoms with Crippen molar-refractivity contribution in [2.75, 3.05) is 11.9 Å². The minimum absolute atomic E-state index is 0.0930. The number of amides is 2. The molecule has 2 amide bonds. The van der Waals surface area contributed by atoms with Gasteiger partial charge in [-0.1, -0.05) is 12.0 Å². The van der Waals surface area contributed by atoms with E-state index in [1.165, 1.54) is 4.57 Å². The number of hydrogen-bond donors (Lipinski definition) is 3. The van der Waals surface area contributed by atoms with Gasteiger partial charge in [0.15, 0.2) is 0 Å². The Morgan fingerprint density at radius 1 is 1.27 bits per heavy atom. The molecular weight excluding hydrogens is 384 g/mol. The van der Waals surface area contributed by atoms with Crippen LogP contribution >= 0.6 is 0 Å². The number of rotatable bonds is 6. The fourth-order valence-electron chi connectivity index (χ4n) is 3.12. The van der Waals surface area contributed by atoms with Gasteiger partial charge in [0.25, 0.3) is 17.6 Å². The summed E-state index contributed by atoms with van der Waals surface area (Å²) in [6.45, 7) is 4.48. The first-order valence-electron chi connectivity index (χ1n) is 9.06. The topological polar surface area (TPSA) is 124 Å². The van der Waals surface area contributed by atoms with Crippen molar-refractivity contribution in [2.45, 2.75) is 26.8 Å². The molecule has 1 atom stereocenters. The molecule has 8 heteroatoms. The van der Waals surface area contributed by atoms with Gasteiger partial charge in [-0.2, -0.15) is 5.26 Å². The smallest absolute Gasteiger partial charge is 0.293 e. The van der Waals surface area contributed by atoms with Crippen molar-refractivity contribution < 1.29 is 19.5 Å². The Balaban J connectivity index is 2.37. The van der Waals surface area contributed by atoms with E-state index in [1.807, 2.05) is 0 Å². The Morgan fingerprint density at radius 3 is 2.50 bits per heavy atom. The lowest BCUT2D eigenvalue weighted by Crippen LogP contribution is -2.40. The molecule has 1 aromatic carbocycles. The van der Waals surface area contributed by atoms with Gasteiger partial charge in [0.05, 0.1) is 23.8 Å². The van der Waals surface area contributed by atoms with Gasteiger partial charge in [-0.15, -0.1) is 6.42 Å². The van der Waals surface area contributed by atoms with Crippen LogP contribution in [0.3, 0.4) is 0 Å². The Labute approximate surface area is 174 Å². The second kappa shape index (κ2) is 9.08. The second-order valence-corrected chi connectivity index (χ2v) is 6.79. The van der Waals surface area contributed by atoms with Gasteiger partial charge in [0, 0.05) is 18.4 Å². The van der Waals surface area contributed by atoms with Crippen LogP contribution in [0.4, 0.5) is 5.69 Å². The number of carbonyl (C=O) groups excluding carboxylic acids is 3. The van der Waals surface area contributed by atoms with Gasteiger partial charge in [0.2, 0.25) is 0 Å². The molecule has 0 fully saturated rings. The van der Waals surface area contributed by atoms with Gasteiger partial charge in [-0.3, -0.25) is 14.4 Å². The van der Waals surface area contributed by atoms with Gasteiger partial charge < -0.3 is 20.3 Å². The molecule has 0 aliphatic rings. The van der Waals surface area contributed by atoms with E-state index in [9.17, 15) is 14.4 Å². The van der Waals surface area contributed by atoms with Gasteiger partial charge >= 0.3 is 0 Å². The Bertz CT molecular complexity index is 1120. The first-order chi connectivity index (χ1) is 14.2. The second-order valence-electron chi connectivity index (χ2n) is 6.79. The highest BCUT2D eigenvalue weighted by molar-refractivity contribution is 6.43. The molecular formula is C22H22N4O4. The van der Waals surface area contributed by atoms with Crippen molar-refractivity contribution in [3.8, 4) is 18.4 Å². The molecule has 1 aromatic heterocycles. The summed E-state index contributed by atoms with van der Waals surface area (Å²) in [7, 11) is 1.61. The molecule has 0 radical (unpaired) electrons. The van der Waals surface area contributed by atoms with Crippen LogP contribution < -0.4 is 10.6 Å². The van der Waals surface area contributed by atoms with Crippen molar-refractivity contribution >= 4 is 23.3 Å². The molecule has 0 unspecified atom stereocenters. The molecule has 0 aliphatic heterocycles. The van der Waals surface area contributed by atoms with Crippen LogP contribution in [0, 0.1) is 44.4 Å². The van der Waals surface area contributed by atoms with Crippen LogP contribution in [0.15, 0.2) is 18.2 Å². The molecule has 0 saturated heterocycles. The predicted octanol–water partition coefficient (Wildman–Crippen LogP) is 1.37. The quantitative estimate of drug-likeness (QED) is 0.380. The summed E-state index contributed by atoms with van der Waals surface area (Å²) < 4.78 is 1.52. The lowest BCUT2D eigenvalue weighted by Gasteiger charge is -2.09. The molecule has 0 spiro atoms. The fraction of sp³-hybridized carbons (Fsp3) is 0.273. The summed E-state index contributed by atoms with van der Waals surface area (Å²) in [5.41, 5.74) is 2.72. The number of hydrogen-bond acceptors (Lipinski definition) is 5. The van der Waals surface area contributed by atoms with E-state index in [2.05, 4.69) is 22.6 Å². The summed E-state index contributed by atoms with van der Waals surface area (Å²) >= 11 is 0. The first-order valence-corrected chi connectivity index (χ1v) is 9.06. The van der Waals surface area contributed by atoms with Crippen LogP contribution in [0.2, 0.25) is 0 Å². The van der Waals surface area contributed by atoms with Crippen molar-refractivity contribution in [3.05, 3.63) is 51.8 Å². The molecule has 0 saturated carbocycles. The third-order valence-electron chi connectivity index (χ3n) is 4.88. The third-order valence-corrected chi connectivity index (χ3v) is 4.88. The Morgan fingerprint density at radius 2 is 1.93 bits per heavy atom. The average Bonchev–Trinajstić information content (AvgIpc) is 2.95. The molecule has 8 nitrogen and oxygen atoms in total. The lowest BCUT2D eigenvalue weighted by molar-refractivity contribution is -0.117. The fourth-order valence-corrected chi connectivity index (χ4v) is 3.12. The minimum atomic E-state index is -0.982. The Hall–Kier alpha value is -3.88. The van der Waals surface area contributed by atoms with Crippen LogP contribution in [0.5, 0.6) is 0 Å². The number of benzene rings is 1. The zero-order chi connectivity index (χ0) is 22.6. The number of aliphatic hydroxyl groups is 1. The van der Waals surface area contributed by atoms with Crippen molar-refractivity contribution in [3.63, 3.8) is 0 Å². The van der Waals surface area contributed by atoms with E-state index in [0.29, 0.717) is 22.5 Å². The summed E-state index contributed by atoms with van der Waals surface area (Å²) in [6.07, 6.45) is 5.19. The van der Waals surface area contributed by atoms with Crippen LogP contribution in [0.25, 0.3) is 0 Å². The normalized spacial score (nSPS) is 11.2. The highest BCUT2D eigenvalue weighted by Crippen LogP contribution is 2.23. The van der Waals surface area contributed by atoms with Gasteiger partial charge in [0.1, 0.15) is 11.7 Å². The SMILES string of the molecule is C#C[C@@H](CO)NC(=O)C(=O)c1c(C)c(C(=O)Nc2ccc(C)c(C#N)c2)n(C)c1C. The van der Waals surface area contributed by atoms with E-state index < -0.39 is 30.2 Å². The van der Waals surface area contributed by atoms with Crippen LogP contribution in [-0.4, -0.2) is 39.9 Å². The van der Waals surface area contributed by atoms with Crippen molar-refractivity contribution in [2.24, 2.45) is 7.05 Å². The number of aliphatic hydroxyl groups excluding tert-OH is 1. The highest BCUT2D eigenvalue weighted by Gasteiger charge is 2.29. The molecule has 30 heavy (non-hydrogen) atoms. The zero-order valence-corrected chi connectivity index (χ0v) is 17.2. The standard InChI is InChI=1S/C22H22N4O4/c1-6-16(11-27)24-22(30)20(28)18-13(3)19(26(5)14(18)4)21(29)25-17-8-7-12(2)15(9-17)10-23/h1,7-9,16,27H,11H2,2-5H3,(H,24,30)(H,25,29)/t16-/m0/s1. The molecule has 1 heterocycles. The third kappa shape index (κ3) is 4.24. The van der Waals surface area contributed by atoms with E-state index in [0.717, 1.165) is 5.56 Å². The lowest BCUT2D eigenvalue weighted by atomic mass is 10.0. The van der Waals surface area contributed by atoms with E-state index in [4.69, 9.17) is 16.8 Å². The number of aryl methyl sites for hydroxylation is 1. The zero-order valence-electron chi connectivity index (χ0n) is 17.2. The average molecular weight is 406 g/mol. The number of nitrogens with zero attached hydrogens (tertiary/aromatic N) is 2. The molecule has 154 valence electrons. The van der Waals surface area contributed by atoms with Crippen LogP contribution in [0.1, 0.15) is 43.2 Å². The monoisotopic (exact) mass is 406 g/mol. The van der Waals surface area contributed by atoms with E-state index in [-0.39, 0.29) is 11.3 Å². The maximum atomic E-state index is 12.9. The molecule has 0 aliphatic carbocycles. The summed E-state index contributed by atoms with van der Waals surface area (Å²) in [5.74, 6) is -0.133.